The van der Waals surface area contributed by atoms with Crippen LogP contribution in [0.5, 0.6) is 28.7 Å². The molecule has 0 aliphatic carbocycles. The summed E-state index contributed by atoms with van der Waals surface area (Å²) in [5.41, 5.74) is 0.317. The van der Waals surface area contributed by atoms with Crippen molar-refractivity contribution in [2.75, 3.05) is 20.8 Å². The van der Waals surface area contributed by atoms with Crippen LogP contribution in [0.1, 0.15) is 43.1 Å². The summed E-state index contributed by atoms with van der Waals surface area (Å²) < 4.78 is 31.0. The molecule has 1 saturated heterocycles. The quantitative estimate of drug-likeness (QED) is 0.239. The minimum absolute atomic E-state index is 0.212. The van der Waals surface area contributed by atoms with Crippen LogP contribution in [-0.4, -0.2) is 78.7 Å². The highest BCUT2D eigenvalue weighted by atomic mass is 16.6. The van der Waals surface area contributed by atoms with Gasteiger partial charge in [-0.25, -0.2) is 9.59 Å². The summed E-state index contributed by atoms with van der Waals surface area (Å²) in [5.74, 6) is -5.74. The van der Waals surface area contributed by atoms with E-state index < -0.39 is 65.1 Å². The second-order valence-electron chi connectivity index (χ2n) is 9.14. The van der Waals surface area contributed by atoms with Crippen molar-refractivity contribution >= 4 is 41.8 Å². The zero-order chi connectivity index (χ0) is 31.8. The molecule has 0 bridgehead atoms. The second-order valence-corrected chi connectivity index (χ2v) is 9.14. The summed E-state index contributed by atoms with van der Waals surface area (Å²) in [5, 5.41) is 9.73. The van der Waals surface area contributed by atoms with Crippen molar-refractivity contribution in [3.63, 3.8) is 0 Å². The van der Waals surface area contributed by atoms with Crippen molar-refractivity contribution in [1.82, 2.24) is 4.90 Å². The van der Waals surface area contributed by atoms with Crippen LogP contribution in [0.2, 0.25) is 0 Å². The smallest absolute Gasteiger partial charge is 0.338 e. The molecule has 1 amide bonds. The standard InChI is InChI=1S/C29H29NO13/c1-15(31)40-24-11-19(12-25(41-16(2)32)27(24)42-17(3)33)29(37)43-20-13-21(28(35)36)30(14-20)26(34)9-7-18-6-8-22(38-4)23(10-18)39-5/h6-12,20-21H,13-14H2,1-5H3,(H,35,36)/b9-7+/t20-,21+/m1/s1. The van der Waals surface area contributed by atoms with Gasteiger partial charge in [0.1, 0.15) is 12.1 Å². The predicted octanol–water partition coefficient (Wildman–Crippen LogP) is 2.40. The summed E-state index contributed by atoms with van der Waals surface area (Å²) in [6.07, 6.45) is 1.41. The van der Waals surface area contributed by atoms with Gasteiger partial charge >= 0.3 is 29.8 Å². The van der Waals surface area contributed by atoms with Crippen molar-refractivity contribution in [3.8, 4) is 28.7 Å². The highest BCUT2D eigenvalue weighted by molar-refractivity contribution is 5.95. The van der Waals surface area contributed by atoms with Crippen LogP contribution in [-0.2, 0) is 28.7 Å². The Morgan fingerprint density at radius 3 is 1.91 bits per heavy atom. The van der Waals surface area contributed by atoms with Crippen molar-refractivity contribution in [2.45, 2.75) is 39.3 Å². The highest BCUT2D eigenvalue weighted by Crippen LogP contribution is 2.40. The van der Waals surface area contributed by atoms with Gasteiger partial charge in [-0.1, -0.05) is 6.07 Å². The average molecular weight is 600 g/mol. The monoisotopic (exact) mass is 599 g/mol. The third kappa shape index (κ3) is 8.31. The lowest BCUT2D eigenvalue weighted by Crippen LogP contribution is -2.39. The summed E-state index contributed by atoms with van der Waals surface area (Å²) >= 11 is 0. The average Bonchev–Trinajstić information content (AvgIpc) is 3.36. The number of nitrogens with zero attached hydrogens (tertiary/aromatic N) is 1. The van der Waals surface area contributed by atoms with E-state index in [-0.39, 0.29) is 18.5 Å². The Labute approximate surface area is 245 Å². The Morgan fingerprint density at radius 2 is 1.40 bits per heavy atom. The molecule has 43 heavy (non-hydrogen) atoms. The second kappa shape index (κ2) is 14.0. The van der Waals surface area contributed by atoms with Gasteiger partial charge in [0, 0.05) is 33.3 Å². The molecule has 3 rings (SSSR count). The van der Waals surface area contributed by atoms with Gasteiger partial charge in [-0.3, -0.25) is 19.2 Å². The molecule has 2 atom stereocenters. The molecule has 1 fully saturated rings. The maximum atomic E-state index is 13.1. The molecule has 0 unspecified atom stereocenters. The lowest BCUT2D eigenvalue weighted by Gasteiger charge is -2.19. The third-order valence-corrected chi connectivity index (χ3v) is 5.94. The third-order valence-electron chi connectivity index (χ3n) is 5.94. The Bertz CT molecular complexity index is 1440. The SMILES string of the molecule is COc1ccc(/C=C/C(=O)N2C[C@H](OC(=O)c3cc(OC(C)=O)c(OC(C)=O)c(OC(C)=O)c3)C[C@H]2C(=O)O)cc1OC. The molecule has 228 valence electrons. The summed E-state index contributed by atoms with van der Waals surface area (Å²) in [7, 11) is 2.94. The number of carboxylic acids is 1. The van der Waals surface area contributed by atoms with Gasteiger partial charge in [0.25, 0.3) is 0 Å². The number of hydrogen-bond donors (Lipinski definition) is 1. The van der Waals surface area contributed by atoms with Gasteiger partial charge in [-0.15, -0.1) is 0 Å². The molecular formula is C29H29NO13. The van der Waals surface area contributed by atoms with E-state index in [0.29, 0.717) is 17.1 Å². The first-order valence-corrected chi connectivity index (χ1v) is 12.7. The maximum Gasteiger partial charge on any atom is 0.338 e. The van der Waals surface area contributed by atoms with Crippen LogP contribution in [0.3, 0.4) is 0 Å². The molecule has 2 aromatic carbocycles. The van der Waals surface area contributed by atoms with Gasteiger partial charge in [-0.05, 0) is 35.9 Å². The van der Waals surface area contributed by atoms with Crippen LogP contribution >= 0.6 is 0 Å². The summed E-state index contributed by atoms with van der Waals surface area (Å²) in [4.78, 5) is 74.0. The van der Waals surface area contributed by atoms with Crippen molar-refractivity contribution in [2.24, 2.45) is 0 Å². The van der Waals surface area contributed by atoms with Gasteiger partial charge in [0.15, 0.2) is 23.0 Å². The lowest BCUT2D eigenvalue weighted by atomic mass is 10.1. The fourth-order valence-electron chi connectivity index (χ4n) is 4.20. The number of rotatable bonds is 10. The van der Waals surface area contributed by atoms with Crippen LogP contribution in [0, 0.1) is 0 Å². The zero-order valence-electron chi connectivity index (χ0n) is 23.9. The number of carboxylic acid groups (broad SMARTS) is 1. The van der Waals surface area contributed by atoms with Crippen LogP contribution in [0.15, 0.2) is 36.4 Å². The minimum atomic E-state index is -1.30. The first kappa shape index (κ1) is 32.1. The topological polar surface area (TPSA) is 181 Å². The largest absolute Gasteiger partial charge is 0.493 e. The van der Waals surface area contributed by atoms with E-state index in [9.17, 15) is 33.9 Å². The fraction of sp³-hybridized carbons (Fsp3) is 0.310. The molecule has 14 heteroatoms. The van der Waals surface area contributed by atoms with E-state index in [1.165, 1.54) is 26.4 Å². The number of ether oxygens (including phenoxy) is 6. The number of esters is 4. The van der Waals surface area contributed by atoms with Gasteiger partial charge < -0.3 is 38.4 Å². The number of methoxy groups -OCH3 is 2. The first-order chi connectivity index (χ1) is 20.3. The molecule has 0 spiro atoms. The number of benzene rings is 2. The lowest BCUT2D eigenvalue weighted by molar-refractivity contribution is -0.146. The molecule has 2 aromatic rings. The van der Waals surface area contributed by atoms with E-state index in [2.05, 4.69) is 0 Å². The molecule has 1 aliphatic heterocycles. The molecule has 0 saturated carbocycles. The molecular weight excluding hydrogens is 570 g/mol. The normalized spacial score (nSPS) is 15.9. The molecule has 0 aromatic heterocycles. The fourth-order valence-corrected chi connectivity index (χ4v) is 4.20. The Kier molecular flexibility index (Phi) is 10.4. The van der Waals surface area contributed by atoms with Crippen molar-refractivity contribution in [1.29, 1.82) is 0 Å². The van der Waals surface area contributed by atoms with Crippen molar-refractivity contribution in [3.05, 3.63) is 47.5 Å². The van der Waals surface area contributed by atoms with Gasteiger partial charge in [0.2, 0.25) is 11.7 Å². The van der Waals surface area contributed by atoms with Gasteiger partial charge in [0.05, 0.1) is 26.3 Å². The van der Waals surface area contributed by atoms with Crippen molar-refractivity contribution < 1.29 is 62.3 Å². The predicted molar refractivity (Wildman–Crippen MR) is 146 cm³/mol. The number of amides is 1. The zero-order valence-corrected chi connectivity index (χ0v) is 23.9. The Balaban J connectivity index is 1.83. The first-order valence-electron chi connectivity index (χ1n) is 12.7. The maximum absolute atomic E-state index is 13.1. The summed E-state index contributed by atoms with van der Waals surface area (Å²) in [6, 6.07) is 5.73. The van der Waals surface area contributed by atoms with E-state index in [1.54, 1.807) is 18.2 Å². The van der Waals surface area contributed by atoms with E-state index in [1.807, 2.05) is 0 Å². The van der Waals surface area contributed by atoms with Crippen LogP contribution in [0.25, 0.3) is 6.08 Å². The van der Waals surface area contributed by atoms with Gasteiger partial charge in [-0.2, -0.15) is 0 Å². The van der Waals surface area contributed by atoms with Crippen LogP contribution < -0.4 is 23.7 Å². The minimum Gasteiger partial charge on any atom is -0.493 e. The molecule has 1 heterocycles. The van der Waals surface area contributed by atoms with Crippen LogP contribution in [0.4, 0.5) is 0 Å². The van der Waals surface area contributed by atoms with E-state index in [0.717, 1.165) is 37.8 Å². The Hall–Kier alpha value is -5.40. The molecule has 14 nitrogen and oxygen atoms in total. The highest BCUT2D eigenvalue weighted by Gasteiger charge is 2.41. The van der Waals surface area contributed by atoms with E-state index in [4.69, 9.17) is 28.4 Å². The number of likely N-dealkylation sites (tertiary alicyclic amines) is 1. The Morgan fingerprint density at radius 1 is 0.814 bits per heavy atom. The number of hydrogen-bond acceptors (Lipinski definition) is 12. The summed E-state index contributed by atoms with van der Waals surface area (Å²) in [6.45, 7) is 2.94. The molecule has 0 radical (unpaired) electrons. The van der Waals surface area contributed by atoms with E-state index >= 15 is 0 Å². The number of aliphatic carboxylic acids is 1. The molecule has 1 N–H and O–H groups in total. The number of carbonyl (C=O) groups excluding carboxylic acids is 5. The molecule has 1 aliphatic rings. The number of carbonyl (C=O) groups is 6.